The Morgan fingerprint density at radius 2 is 1.90 bits per heavy atom. The summed E-state index contributed by atoms with van der Waals surface area (Å²) in [6.07, 6.45) is 7.19. The average Bonchev–Trinajstić information content (AvgIpc) is 2.69. The minimum Gasteiger partial charge on any atom is -0.481 e. The predicted octanol–water partition coefficient (Wildman–Crippen LogP) is 3.79. The molecule has 172 valence electrons. The number of nitrogens with zero attached hydrogens (tertiary/aromatic N) is 1. The van der Waals surface area contributed by atoms with Crippen LogP contribution in [0, 0.1) is 6.92 Å². The second-order valence-electron chi connectivity index (χ2n) is 8.58. The first-order valence-electron chi connectivity index (χ1n) is 11.3. The Bertz CT molecular complexity index is 762. The first-order chi connectivity index (χ1) is 14.8. The van der Waals surface area contributed by atoms with E-state index in [4.69, 9.17) is 10.2 Å². The van der Waals surface area contributed by atoms with Crippen molar-refractivity contribution < 1.29 is 29.7 Å². The maximum Gasteiger partial charge on any atom is 0.335 e. The number of likely N-dealkylation sites (tertiary alicyclic amines) is 1. The minimum absolute atomic E-state index is 0.144. The average molecular weight is 434 g/mol. The lowest BCUT2D eigenvalue weighted by atomic mass is 9.93. The summed E-state index contributed by atoms with van der Waals surface area (Å²) in [4.78, 5) is 36.1. The lowest BCUT2D eigenvalue weighted by Gasteiger charge is -2.36. The molecule has 1 aliphatic heterocycles. The zero-order valence-electron chi connectivity index (χ0n) is 18.4. The molecule has 1 saturated heterocycles. The second kappa shape index (κ2) is 12.4. The molecule has 2 rings (SSSR count). The summed E-state index contributed by atoms with van der Waals surface area (Å²) in [6.45, 7) is 2.45. The van der Waals surface area contributed by atoms with Crippen molar-refractivity contribution in [1.82, 2.24) is 4.90 Å². The number of carboxylic acids is 2. The summed E-state index contributed by atoms with van der Waals surface area (Å²) in [5.74, 6) is -1.54. The minimum atomic E-state index is -0.950. The lowest BCUT2D eigenvalue weighted by Crippen LogP contribution is -2.44. The van der Waals surface area contributed by atoms with Gasteiger partial charge in [-0.15, -0.1) is 0 Å². The van der Waals surface area contributed by atoms with E-state index in [1.54, 1.807) is 19.1 Å². The first-order valence-corrected chi connectivity index (χ1v) is 11.3. The van der Waals surface area contributed by atoms with Crippen LogP contribution in [0.25, 0.3) is 0 Å². The molecule has 1 fully saturated rings. The summed E-state index contributed by atoms with van der Waals surface area (Å²) in [7, 11) is 0. The predicted molar refractivity (Wildman–Crippen MR) is 117 cm³/mol. The van der Waals surface area contributed by atoms with Crippen LogP contribution in [0.4, 0.5) is 0 Å². The molecule has 1 aliphatic rings. The third-order valence-electron chi connectivity index (χ3n) is 6.05. The van der Waals surface area contributed by atoms with E-state index >= 15 is 0 Å². The van der Waals surface area contributed by atoms with E-state index in [-0.39, 0.29) is 23.9 Å². The van der Waals surface area contributed by atoms with E-state index in [9.17, 15) is 19.5 Å². The fourth-order valence-electron chi connectivity index (χ4n) is 4.36. The molecular formula is C24H35NO6. The van der Waals surface area contributed by atoms with Gasteiger partial charge in [0.2, 0.25) is 5.91 Å². The number of aliphatic carboxylic acids is 1. The first kappa shape index (κ1) is 24.9. The SMILES string of the molecule is Cc1cc(CC(O)CC[C@H]2CCCC(=O)N2CCCCCCC(=O)O)ccc1C(=O)O. The van der Waals surface area contributed by atoms with Crippen LogP contribution in [0.3, 0.4) is 0 Å². The number of carbonyl (C=O) groups is 3. The number of carboxylic acid groups (broad SMARTS) is 2. The molecule has 0 radical (unpaired) electrons. The van der Waals surface area contributed by atoms with Gasteiger partial charge < -0.3 is 20.2 Å². The molecule has 1 heterocycles. The second-order valence-corrected chi connectivity index (χ2v) is 8.58. The molecule has 0 aliphatic carbocycles. The van der Waals surface area contributed by atoms with Crippen molar-refractivity contribution >= 4 is 17.8 Å². The summed E-state index contributed by atoms with van der Waals surface area (Å²) in [6, 6.07) is 5.29. The maximum atomic E-state index is 12.4. The van der Waals surface area contributed by atoms with Crippen LogP contribution in [0.2, 0.25) is 0 Å². The van der Waals surface area contributed by atoms with E-state index in [1.165, 1.54) is 0 Å². The normalized spacial score (nSPS) is 17.5. The molecule has 1 aromatic rings. The Morgan fingerprint density at radius 3 is 2.58 bits per heavy atom. The number of aromatic carboxylic acids is 1. The third-order valence-corrected chi connectivity index (χ3v) is 6.05. The zero-order chi connectivity index (χ0) is 22.8. The van der Waals surface area contributed by atoms with E-state index in [0.717, 1.165) is 44.1 Å². The Morgan fingerprint density at radius 1 is 1.16 bits per heavy atom. The van der Waals surface area contributed by atoms with Crippen molar-refractivity contribution in [2.24, 2.45) is 0 Å². The number of carbonyl (C=O) groups excluding carboxylic acids is 1. The molecule has 1 aromatic carbocycles. The van der Waals surface area contributed by atoms with Gasteiger partial charge >= 0.3 is 11.9 Å². The third kappa shape index (κ3) is 8.32. The van der Waals surface area contributed by atoms with Gasteiger partial charge in [-0.25, -0.2) is 4.79 Å². The highest BCUT2D eigenvalue weighted by atomic mass is 16.4. The van der Waals surface area contributed by atoms with Crippen molar-refractivity contribution in [2.75, 3.05) is 6.54 Å². The highest BCUT2D eigenvalue weighted by molar-refractivity contribution is 5.89. The fraction of sp³-hybridized carbons (Fsp3) is 0.625. The van der Waals surface area contributed by atoms with Crippen molar-refractivity contribution in [2.45, 2.75) is 89.7 Å². The smallest absolute Gasteiger partial charge is 0.335 e. The fourth-order valence-corrected chi connectivity index (χ4v) is 4.36. The summed E-state index contributed by atoms with van der Waals surface area (Å²) in [5.41, 5.74) is 1.87. The highest BCUT2D eigenvalue weighted by Crippen LogP contribution is 2.24. The van der Waals surface area contributed by atoms with E-state index in [2.05, 4.69) is 0 Å². The van der Waals surface area contributed by atoms with Crippen molar-refractivity contribution in [3.05, 3.63) is 34.9 Å². The number of aryl methyl sites for hydroxylation is 1. The molecule has 31 heavy (non-hydrogen) atoms. The maximum absolute atomic E-state index is 12.4. The van der Waals surface area contributed by atoms with Gasteiger partial charge in [0.25, 0.3) is 0 Å². The summed E-state index contributed by atoms with van der Waals surface area (Å²) in [5, 5.41) is 28.3. The van der Waals surface area contributed by atoms with Crippen LogP contribution < -0.4 is 0 Å². The topological polar surface area (TPSA) is 115 Å². The monoisotopic (exact) mass is 433 g/mol. The van der Waals surface area contributed by atoms with Gasteiger partial charge in [-0.3, -0.25) is 9.59 Å². The number of benzene rings is 1. The van der Waals surface area contributed by atoms with Gasteiger partial charge in [0.1, 0.15) is 0 Å². The number of aliphatic hydroxyl groups excluding tert-OH is 1. The summed E-state index contributed by atoms with van der Waals surface area (Å²) >= 11 is 0. The molecule has 0 aromatic heterocycles. The molecular weight excluding hydrogens is 398 g/mol. The number of amides is 1. The van der Waals surface area contributed by atoms with Crippen molar-refractivity contribution in [3.8, 4) is 0 Å². The number of hydrogen-bond acceptors (Lipinski definition) is 4. The van der Waals surface area contributed by atoms with Gasteiger partial charge in [0, 0.05) is 25.4 Å². The standard InChI is InChI=1S/C24H35NO6/c1-17-15-18(10-13-21(17)24(30)31)16-20(26)12-11-19-7-6-8-22(27)25(19)14-5-3-2-4-9-23(28)29/h10,13,15,19-20,26H,2-9,11-12,14,16H2,1H3,(H,28,29)(H,30,31)/t19-,20?/m1/s1. The van der Waals surface area contributed by atoms with Gasteiger partial charge in [-0.1, -0.05) is 25.0 Å². The number of hydrogen-bond donors (Lipinski definition) is 3. The Kier molecular flexibility index (Phi) is 9.98. The van der Waals surface area contributed by atoms with Crippen LogP contribution in [-0.2, 0) is 16.0 Å². The highest BCUT2D eigenvalue weighted by Gasteiger charge is 2.27. The van der Waals surface area contributed by atoms with Gasteiger partial charge in [-0.05, 0) is 69.1 Å². The Labute approximate surface area is 184 Å². The van der Waals surface area contributed by atoms with E-state index < -0.39 is 18.0 Å². The molecule has 1 amide bonds. The number of unbranched alkanes of at least 4 members (excludes halogenated alkanes) is 3. The van der Waals surface area contributed by atoms with Gasteiger partial charge in [0.05, 0.1) is 11.7 Å². The van der Waals surface area contributed by atoms with Crippen molar-refractivity contribution in [3.63, 3.8) is 0 Å². The molecule has 1 unspecified atom stereocenters. The number of piperidine rings is 1. The number of rotatable bonds is 13. The molecule has 7 nitrogen and oxygen atoms in total. The van der Waals surface area contributed by atoms with E-state index in [1.807, 2.05) is 11.0 Å². The van der Waals surface area contributed by atoms with E-state index in [0.29, 0.717) is 37.8 Å². The molecule has 3 N–H and O–H groups in total. The zero-order valence-corrected chi connectivity index (χ0v) is 18.4. The van der Waals surface area contributed by atoms with Crippen LogP contribution in [0.5, 0.6) is 0 Å². The molecule has 0 saturated carbocycles. The van der Waals surface area contributed by atoms with Crippen LogP contribution in [0.1, 0.15) is 85.7 Å². The van der Waals surface area contributed by atoms with Crippen LogP contribution in [-0.4, -0.2) is 56.8 Å². The van der Waals surface area contributed by atoms with Crippen LogP contribution >= 0.6 is 0 Å². The van der Waals surface area contributed by atoms with Crippen LogP contribution in [0.15, 0.2) is 18.2 Å². The number of aliphatic hydroxyl groups is 1. The molecule has 2 atom stereocenters. The lowest BCUT2D eigenvalue weighted by molar-refractivity contribution is -0.137. The largest absolute Gasteiger partial charge is 0.481 e. The van der Waals surface area contributed by atoms with Crippen molar-refractivity contribution in [1.29, 1.82) is 0 Å². The Hall–Kier alpha value is -2.41. The molecule has 0 spiro atoms. The molecule has 0 bridgehead atoms. The van der Waals surface area contributed by atoms with Gasteiger partial charge in [0.15, 0.2) is 0 Å². The summed E-state index contributed by atoms with van der Waals surface area (Å²) < 4.78 is 0. The van der Waals surface area contributed by atoms with Gasteiger partial charge in [-0.2, -0.15) is 0 Å². The Balaban J connectivity index is 1.79. The molecule has 7 heteroatoms. The quantitative estimate of drug-likeness (QED) is 0.408.